The Labute approximate surface area is 130 Å². The van der Waals surface area contributed by atoms with Gasteiger partial charge in [0.2, 0.25) is 0 Å². The molecule has 6 nitrogen and oxygen atoms in total. The zero-order valence-corrected chi connectivity index (χ0v) is 13.4. The average Bonchev–Trinajstić information content (AvgIpc) is 2.46. The van der Waals surface area contributed by atoms with Gasteiger partial charge in [-0.3, -0.25) is 10.1 Å². The molecule has 1 aromatic rings. The highest BCUT2D eigenvalue weighted by Gasteiger charge is 2.17. The van der Waals surface area contributed by atoms with Crippen LogP contribution in [0.2, 0.25) is 5.15 Å². The van der Waals surface area contributed by atoms with Crippen LogP contribution in [0.4, 0.5) is 0 Å². The average molecular weight is 313 g/mol. The highest BCUT2D eigenvalue weighted by Crippen LogP contribution is 2.15. The van der Waals surface area contributed by atoms with Crippen molar-refractivity contribution in [3.05, 3.63) is 51.2 Å². The second-order valence-corrected chi connectivity index (χ2v) is 4.84. The molecule has 0 bridgehead atoms. The van der Waals surface area contributed by atoms with Gasteiger partial charge in [0.1, 0.15) is 5.15 Å². The second kappa shape index (κ2) is 8.46. The van der Waals surface area contributed by atoms with E-state index in [1.165, 1.54) is 0 Å². The molecule has 0 fully saturated rings. The zero-order chi connectivity index (χ0) is 15.8. The lowest BCUT2D eigenvalue weighted by molar-refractivity contribution is -0.405. The minimum absolute atomic E-state index is 0.406. The van der Waals surface area contributed by atoms with Crippen LogP contribution in [0, 0.1) is 10.1 Å². The van der Waals surface area contributed by atoms with Crippen LogP contribution in [0.1, 0.15) is 26.3 Å². The molecular weight excluding hydrogens is 292 g/mol. The number of pyridine rings is 1. The number of hydrogen-bond donors (Lipinski definition) is 0. The van der Waals surface area contributed by atoms with Crippen molar-refractivity contribution in [3.8, 4) is 0 Å². The largest absolute Gasteiger partial charge is 0.354 e. The predicted molar refractivity (Wildman–Crippen MR) is 83.3 cm³/mol. The highest BCUT2D eigenvalue weighted by atomic mass is 35.5. The van der Waals surface area contributed by atoms with Gasteiger partial charge in [0.05, 0.1) is 4.92 Å². The van der Waals surface area contributed by atoms with Crippen LogP contribution < -0.4 is 0 Å². The lowest BCUT2D eigenvalue weighted by Gasteiger charge is -2.32. The van der Waals surface area contributed by atoms with Crippen molar-refractivity contribution in [2.45, 2.75) is 27.3 Å². The third kappa shape index (κ3) is 5.23. The van der Waals surface area contributed by atoms with Gasteiger partial charge in [-0.15, -0.1) is 0 Å². The summed E-state index contributed by atoms with van der Waals surface area (Å²) in [5, 5.41) is 11.3. The molecule has 1 aromatic heterocycles. The minimum Gasteiger partial charge on any atom is -0.354 e. The minimum atomic E-state index is -0.406. The van der Waals surface area contributed by atoms with E-state index < -0.39 is 4.92 Å². The van der Waals surface area contributed by atoms with Crippen LogP contribution in [0.3, 0.4) is 0 Å². The molecule has 0 spiro atoms. The van der Waals surface area contributed by atoms with Gasteiger partial charge < -0.3 is 9.80 Å². The van der Waals surface area contributed by atoms with Gasteiger partial charge in [-0.2, -0.15) is 0 Å². The van der Waals surface area contributed by atoms with Gasteiger partial charge >= 0.3 is 0 Å². The first-order valence-electron chi connectivity index (χ1n) is 6.97. The second-order valence-electron chi connectivity index (χ2n) is 4.45. The molecule has 0 aliphatic rings. The molecule has 0 unspecified atom stereocenters. The summed E-state index contributed by atoms with van der Waals surface area (Å²) in [4.78, 5) is 18.5. The Kier molecular flexibility index (Phi) is 6.94. The van der Waals surface area contributed by atoms with Crippen LogP contribution in [0.25, 0.3) is 0 Å². The summed E-state index contributed by atoms with van der Waals surface area (Å²) in [6, 6.07) is 3.60. The fourth-order valence-corrected chi connectivity index (χ4v) is 2.19. The normalized spacial score (nSPS) is 11.3. The van der Waals surface area contributed by atoms with Crippen molar-refractivity contribution in [2.24, 2.45) is 0 Å². The number of nitrogens with zero attached hydrogens (tertiary/aromatic N) is 4. The number of aromatic nitrogens is 1. The van der Waals surface area contributed by atoms with E-state index in [0.717, 1.165) is 11.8 Å². The van der Waals surface area contributed by atoms with Gasteiger partial charge in [0.25, 0.3) is 6.20 Å². The molecule has 21 heavy (non-hydrogen) atoms. The Balaban J connectivity index is 3.01. The first-order chi connectivity index (χ1) is 10.0. The Morgan fingerprint density at radius 1 is 1.29 bits per heavy atom. The Bertz CT molecular complexity index is 486. The first kappa shape index (κ1) is 17.2. The highest BCUT2D eigenvalue weighted by molar-refractivity contribution is 6.29. The molecule has 0 saturated carbocycles. The van der Waals surface area contributed by atoms with Gasteiger partial charge in [-0.1, -0.05) is 17.7 Å². The summed E-state index contributed by atoms with van der Waals surface area (Å²) in [6.45, 7) is 8.58. The van der Waals surface area contributed by atoms with Gasteiger partial charge in [-0.25, -0.2) is 4.98 Å². The number of nitro groups is 1. The molecule has 116 valence electrons. The van der Waals surface area contributed by atoms with Crippen molar-refractivity contribution in [3.63, 3.8) is 0 Å². The van der Waals surface area contributed by atoms with E-state index in [-0.39, 0.29) is 0 Å². The maximum Gasteiger partial charge on any atom is 0.274 e. The number of halogens is 1. The molecule has 1 rings (SSSR count). The zero-order valence-electron chi connectivity index (χ0n) is 12.6. The molecule has 0 saturated heterocycles. The smallest absolute Gasteiger partial charge is 0.274 e. The lowest BCUT2D eigenvalue weighted by atomic mass is 10.2. The third-order valence-electron chi connectivity index (χ3n) is 3.18. The maximum absolute atomic E-state index is 10.9. The van der Waals surface area contributed by atoms with Crippen molar-refractivity contribution >= 4 is 11.6 Å². The predicted octanol–water partition coefficient (Wildman–Crippen LogP) is 2.97. The van der Waals surface area contributed by atoms with Crippen LogP contribution in [-0.2, 0) is 6.54 Å². The monoisotopic (exact) mass is 312 g/mol. The van der Waals surface area contributed by atoms with Crippen molar-refractivity contribution in [1.29, 1.82) is 0 Å². The maximum atomic E-state index is 10.9. The number of hydrogen-bond acceptors (Lipinski definition) is 5. The fourth-order valence-electron chi connectivity index (χ4n) is 2.08. The third-order valence-corrected chi connectivity index (χ3v) is 3.40. The Morgan fingerprint density at radius 3 is 2.33 bits per heavy atom. The van der Waals surface area contributed by atoms with E-state index in [1.807, 2.05) is 36.6 Å². The molecule has 0 amide bonds. The van der Waals surface area contributed by atoms with Gasteiger partial charge in [-0.05, 0) is 32.4 Å². The van der Waals surface area contributed by atoms with E-state index in [4.69, 9.17) is 11.6 Å². The van der Waals surface area contributed by atoms with Crippen molar-refractivity contribution in [1.82, 2.24) is 14.8 Å². The quantitative estimate of drug-likeness (QED) is 0.419. The molecule has 0 N–H and O–H groups in total. The van der Waals surface area contributed by atoms with E-state index in [9.17, 15) is 10.1 Å². The summed E-state index contributed by atoms with van der Waals surface area (Å²) < 4.78 is 0. The van der Waals surface area contributed by atoms with E-state index in [1.54, 1.807) is 12.3 Å². The van der Waals surface area contributed by atoms with Crippen molar-refractivity contribution < 1.29 is 4.92 Å². The molecule has 1 heterocycles. The standard InChI is InChI=1S/C14H21ClN4O2/c1-4-17(5-2)14(11-19(20)21)18(6-3)10-12-7-8-13(15)16-9-12/h7-9,11H,4-6,10H2,1-3H3/b14-11+. The van der Waals surface area contributed by atoms with Crippen LogP contribution in [-0.4, -0.2) is 39.3 Å². The molecule has 0 aliphatic heterocycles. The molecule has 0 atom stereocenters. The molecular formula is C14H21ClN4O2. The fraction of sp³-hybridized carbons (Fsp3) is 0.500. The summed E-state index contributed by atoms with van der Waals surface area (Å²) in [6.07, 6.45) is 2.76. The molecule has 7 heteroatoms. The number of rotatable bonds is 8. The summed E-state index contributed by atoms with van der Waals surface area (Å²) in [5.74, 6) is 0.613. The van der Waals surface area contributed by atoms with E-state index in [2.05, 4.69) is 4.98 Å². The van der Waals surface area contributed by atoms with Gasteiger partial charge in [0.15, 0.2) is 5.82 Å². The first-order valence-corrected chi connectivity index (χ1v) is 7.35. The lowest BCUT2D eigenvalue weighted by Crippen LogP contribution is -2.35. The van der Waals surface area contributed by atoms with Crippen LogP contribution >= 0.6 is 11.6 Å². The van der Waals surface area contributed by atoms with Crippen LogP contribution in [0.15, 0.2) is 30.4 Å². The van der Waals surface area contributed by atoms with Crippen molar-refractivity contribution in [2.75, 3.05) is 19.6 Å². The van der Waals surface area contributed by atoms with E-state index in [0.29, 0.717) is 37.2 Å². The molecule has 0 radical (unpaired) electrons. The Hall–Kier alpha value is -1.82. The Morgan fingerprint density at radius 2 is 1.90 bits per heavy atom. The topological polar surface area (TPSA) is 62.5 Å². The summed E-state index contributed by atoms with van der Waals surface area (Å²) in [5.41, 5.74) is 0.961. The SMILES string of the molecule is CCN(CC)/C(=C\[N+](=O)[O-])N(CC)Cc1ccc(Cl)nc1. The molecule has 0 aromatic carbocycles. The summed E-state index contributed by atoms with van der Waals surface area (Å²) in [7, 11) is 0. The van der Waals surface area contributed by atoms with Crippen LogP contribution in [0.5, 0.6) is 0 Å². The molecule has 0 aliphatic carbocycles. The van der Waals surface area contributed by atoms with E-state index >= 15 is 0 Å². The van der Waals surface area contributed by atoms with Gasteiger partial charge in [0, 0.05) is 32.4 Å². The summed E-state index contributed by atoms with van der Waals surface area (Å²) >= 11 is 5.78.